The van der Waals surface area contributed by atoms with Crippen molar-refractivity contribution in [2.24, 2.45) is 0 Å². The Morgan fingerprint density at radius 3 is 2.29 bits per heavy atom. The van der Waals surface area contributed by atoms with E-state index in [0.717, 1.165) is 6.42 Å². The lowest BCUT2D eigenvalue weighted by Gasteiger charge is -2.42. The topological polar surface area (TPSA) is 17.1 Å². The van der Waals surface area contributed by atoms with Gasteiger partial charge in [-0.25, -0.2) is 0 Å². The number of ketones is 1. The second kappa shape index (κ2) is 4.08. The van der Waals surface area contributed by atoms with Gasteiger partial charge in [0.25, 0.3) is 0 Å². The van der Waals surface area contributed by atoms with E-state index in [-0.39, 0.29) is 0 Å². The molecule has 0 spiro atoms. The highest BCUT2D eigenvalue weighted by Gasteiger charge is 2.50. The van der Waals surface area contributed by atoms with Crippen LogP contribution in [0.3, 0.4) is 0 Å². The molecule has 0 aromatic rings. The van der Waals surface area contributed by atoms with Crippen molar-refractivity contribution < 1.29 is 4.79 Å². The highest BCUT2D eigenvalue weighted by molar-refractivity contribution is 6.85. The monoisotopic (exact) mass is 250 g/mol. The normalized spacial score (nSPS) is 26.4. The molecule has 0 aromatic heterocycles. The first-order chi connectivity index (χ1) is 7.75. The molecule has 0 amide bonds. The lowest BCUT2D eigenvalue weighted by molar-refractivity contribution is -0.117. The van der Waals surface area contributed by atoms with Gasteiger partial charge in [0.05, 0.1) is 8.07 Å². The van der Waals surface area contributed by atoms with Gasteiger partial charge in [0, 0.05) is 12.0 Å². The molecule has 96 valence electrons. The first-order valence-corrected chi connectivity index (χ1v) is 10.1. The van der Waals surface area contributed by atoms with E-state index >= 15 is 0 Å². The minimum atomic E-state index is -1.55. The number of hydrogen-bond acceptors (Lipinski definition) is 1. The van der Waals surface area contributed by atoms with Crippen LogP contribution in [0.4, 0.5) is 0 Å². The van der Waals surface area contributed by atoms with Crippen LogP contribution >= 0.6 is 0 Å². The second-order valence-electron chi connectivity index (χ2n) is 7.38. The molecule has 0 heterocycles. The molecule has 1 unspecified atom stereocenters. The van der Waals surface area contributed by atoms with Crippen molar-refractivity contribution >= 4 is 13.9 Å². The van der Waals surface area contributed by atoms with Crippen molar-refractivity contribution in [3.05, 3.63) is 11.1 Å². The maximum absolute atomic E-state index is 12.4. The highest BCUT2D eigenvalue weighted by Crippen LogP contribution is 2.53. The zero-order chi connectivity index (χ0) is 12.8. The van der Waals surface area contributed by atoms with E-state index in [1.165, 1.54) is 31.3 Å². The summed E-state index contributed by atoms with van der Waals surface area (Å²) in [5.74, 6) is 0.545. The Balaban J connectivity index is 2.38. The smallest absolute Gasteiger partial charge is 0.141 e. The Morgan fingerprint density at radius 1 is 1.12 bits per heavy atom. The first kappa shape index (κ1) is 13.1. The van der Waals surface area contributed by atoms with Crippen LogP contribution in [0, 0.1) is 0 Å². The van der Waals surface area contributed by atoms with Crippen molar-refractivity contribution in [3.8, 4) is 0 Å². The molecule has 1 nitrogen and oxygen atoms in total. The van der Waals surface area contributed by atoms with Crippen LogP contribution in [-0.2, 0) is 4.79 Å². The van der Waals surface area contributed by atoms with E-state index in [1.807, 2.05) is 0 Å². The van der Waals surface area contributed by atoms with Gasteiger partial charge in [-0.05, 0) is 30.7 Å². The molecular weight excluding hydrogens is 224 g/mol. The quantitative estimate of drug-likeness (QED) is 0.486. The van der Waals surface area contributed by atoms with Gasteiger partial charge in [-0.3, -0.25) is 4.79 Å². The van der Waals surface area contributed by atoms with E-state index in [9.17, 15) is 4.79 Å². The van der Waals surface area contributed by atoms with Crippen LogP contribution in [0.5, 0.6) is 0 Å². The maximum Gasteiger partial charge on any atom is 0.141 e. The molecule has 0 aromatic carbocycles. The van der Waals surface area contributed by atoms with Crippen molar-refractivity contribution in [2.45, 2.75) is 76.5 Å². The fourth-order valence-corrected chi connectivity index (χ4v) is 6.31. The van der Waals surface area contributed by atoms with Gasteiger partial charge in [-0.2, -0.15) is 0 Å². The Morgan fingerprint density at radius 2 is 1.71 bits per heavy atom. The summed E-state index contributed by atoms with van der Waals surface area (Å²) in [4.78, 5) is 12.4. The van der Waals surface area contributed by atoms with Crippen LogP contribution in [0.15, 0.2) is 11.1 Å². The molecule has 2 aliphatic carbocycles. The fourth-order valence-electron chi connectivity index (χ4n) is 3.32. The average Bonchev–Trinajstić information content (AvgIpc) is 2.51. The first-order valence-electron chi connectivity index (χ1n) is 6.98. The third-order valence-corrected chi connectivity index (χ3v) is 11.3. The van der Waals surface area contributed by atoms with Gasteiger partial charge in [-0.15, -0.1) is 0 Å². The zero-order valence-electron chi connectivity index (χ0n) is 12.0. The molecule has 0 aliphatic heterocycles. The summed E-state index contributed by atoms with van der Waals surface area (Å²) in [5, 5.41) is 0.313. The fraction of sp³-hybridized carbons (Fsp3) is 0.800. The third kappa shape index (κ3) is 2.05. The summed E-state index contributed by atoms with van der Waals surface area (Å²) in [6.45, 7) is 11.8. The van der Waals surface area contributed by atoms with Gasteiger partial charge < -0.3 is 0 Å². The van der Waals surface area contributed by atoms with Crippen LogP contribution in [0.25, 0.3) is 0 Å². The second-order valence-corrected chi connectivity index (χ2v) is 12.9. The van der Waals surface area contributed by atoms with Crippen LogP contribution in [0.2, 0.25) is 23.7 Å². The van der Waals surface area contributed by atoms with Crippen molar-refractivity contribution in [1.82, 2.24) is 0 Å². The van der Waals surface area contributed by atoms with Gasteiger partial charge >= 0.3 is 0 Å². The minimum Gasteiger partial charge on any atom is -0.299 e. The molecule has 17 heavy (non-hydrogen) atoms. The molecule has 0 saturated heterocycles. The molecular formula is C15H26OSi. The zero-order valence-corrected chi connectivity index (χ0v) is 13.0. The van der Waals surface area contributed by atoms with Crippen LogP contribution in [0.1, 0.15) is 52.9 Å². The molecule has 0 N–H and O–H groups in total. The molecule has 2 rings (SSSR count). The van der Waals surface area contributed by atoms with Crippen LogP contribution in [-0.4, -0.2) is 13.9 Å². The van der Waals surface area contributed by atoms with E-state index < -0.39 is 8.07 Å². The van der Waals surface area contributed by atoms with Gasteiger partial charge in [-0.1, -0.05) is 45.0 Å². The number of carbonyl (C=O) groups excluding carboxylic acids is 1. The number of hydrogen-bond donors (Lipinski definition) is 0. The molecule has 1 atom stereocenters. The van der Waals surface area contributed by atoms with Crippen LogP contribution < -0.4 is 0 Å². The summed E-state index contributed by atoms with van der Waals surface area (Å²) in [7, 11) is -1.55. The predicted molar refractivity (Wildman–Crippen MR) is 76.1 cm³/mol. The van der Waals surface area contributed by atoms with E-state index in [0.29, 0.717) is 16.4 Å². The summed E-state index contributed by atoms with van der Waals surface area (Å²) >= 11 is 0. The summed E-state index contributed by atoms with van der Waals surface area (Å²) in [6, 6.07) is 0. The largest absolute Gasteiger partial charge is 0.299 e. The molecule has 0 saturated carbocycles. The number of rotatable bonds is 1. The van der Waals surface area contributed by atoms with Gasteiger partial charge in [0.15, 0.2) is 0 Å². The molecule has 0 fully saturated rings. The lowest BCUT2D eigenvalue weighted by Crippen LogP contribution is -2.44. The third-order valence-electron chi connectivity index (χ3n) is 5.34. The van der Waals surface area contributed by atoms with Crippen molar-refractivity contribution in [3.63, 3.8) is 0 Å². The summed E-state index contributed by atoms with van der Waals surface area (Å²) < 4.78 is 0. The standard InChI is InChI=1S/C15H26OSi/c1-15(2,3)17(4,5)14-12-9-7-6-8-11(12)10-13(14)16/h14H,6-10H2,1-5H3. The van der Waals surface area contributed by atoms with Crippen molar-refractivity contribution in [2.75, 3.05) is 0 Å². The predicted octanol–water partition coefficient (Wildman–Crippen LogP) is 4.71. The van der Waals surface area contributed by atoms with Crippen molar-refractivity contribution in [1.29, 1.82) is 0 Å². The SMILES string of the molecule is CC(C)(C)[Si](C)(C)C1C(=O)CC2=C1CCCC2. The number of Topliss-reactive ketones (excluding diaryl/α,β-unsaturated/α-hetero) is 1. The molecule has 2 aliphatic rings. The van der Waals surface area contributed by atoms with E-state index in [2.05, 4.69) is 33.9 Å². The average molecular weight is 250 g/mol. The highest BCUT2D eigenvalue weighted by atomic mass is 28.3. The Labute approximate surface area is 107 Å². The number of allylic oxidation sites excluding steroid dienone is 2. The van der Waals surface area contributed by atoms with Gasteiger partial charge in [0.1, 0.15) is 5.78 Å². The summed E-state index contributed by atoms with van der Waals surface area (Å²) in [5.41, 5.74) is 3.43. The minimum absolute atomic E-state index is 0.313. The maximum atomic E-state index is 12.4. The number of carbonyl (C=O) groups is 1. The molecule has 2 heteroatoms. The summed E-state index contributed by atoms with van der Waals surface area (Å²) in [6.07, 6.45) is 5.80. The molecule has 0 radical (unpaired) electrons. The molecule has 0 bridgehead atoms. The Bertz CT molecular complexity index is 371. The van der Waals surface area contributed by atoms with E-state index in [4.69, 9.17) is 0 Å². The van der Waals surface area contributed by atoms with Gasteiger partial charge in [0.2, 0.25) is 0 Å². The Hall–Kier alpha value is -0.373. The lowest BCUT2D eigenvalue weighted by atomic mass is 9.94. The Kier molecular flexibility index (Phi) is 3.14. The van der Waals surface area contributed by atoms with E-state index in [1.54, 1.807) is 5.57 Å².